The second kappa shape index (κ2) is 7.52. The highest BCUT2D eigenvalue weighted by Gasteiger charge is 2.20. The predicted octanol–water partition coefficient (Wildman–Crippen LogP) is 4.40. The predicted molar refractivity (Wildman–Crippen MR) is 131 cm³/mol. The van der Waals surface area contributed by atoms with Gasteiger partial charge in [0.15, 0.2) is 5.58 Å². The number of carbonyl (C=O) groups excluding carboxylic acids is 1. The third-order valence-electron chi connectivity index (χ3n) is 6.07. The first-order chi connectivity index (χ1) is 16.9. The highest BCUT2D eigenvalue weighted by molar-refractivity contribution is 6.16. The number of hydrogen-bond acceptors (Lipinski definition) is 6. The van der Waals surface area contributed by atoms with Gasteiger partial charge in [-0.1, -0.05) is 36.4 Å². The second-order valence-electron chi connectivity index (χ2n) is 8.16. The van der Waals surface area contributed by atoms with Crippen LogP contribution in [0.4, 0.5) is 11.4 Å². The number of oxazole rings is 1. The van der Waals surface area contributed by atoms with E-state index in [0.717, 1.165) is 37.7 Å². The Balaban J connectivity index is 1.47. The van der Waals surface area contributed by atoms with Crippen molar-refractivity contribution in [3.05, 3.63) is 93.2 Å². The van der Waals surface area contributed by atoms with E-state index in [2.05, 4.69) is 5.32 Å². The Labute approximate surface area is 196 Å². The van der Waals surface area contributed by atoms with E-state index in [4.69, 9.17) is 9.40 Å². The molecule has 0 fully saturated rings. The molecule has 6 rings (SSSR count). The van der Waals surface area contributed by atoms with Crippen LogP contribution < -0.4 is 11.1 Å². The maximum atomic E-state index is 13.2. The molecule has 0 saturated heterocycles. The summed E-state index contributed by atoms with van der Waals surface area (Å²) in [6, 6.07) is 19.2. The van der Waals surface area contributed by atoms with Crippen LogP contribution in [0.1, 0.15) is 5.82 Å². The number of nitrogens with zero attached hydrogens (tertiary/aromatic N) is 4. The molecule has 0 aliphatic rings. The zero-order valence-corrected chi connectivity index (χ0v) is 18.4. The van der Waals surface area contributed by atoms with Gasteiger partial charge in [-0.25, -0.2) is 9.78 Å². The summed E-state index contributed by atoms with van der Waals surface area (Å²) in [7, 11) is 0. The van der Waals surface area contributed by atoms with Crippen molar-refractivity contribution < 1.29 is 14.1 Å². The van der Waals surface area contributed by atoms with E-state index in [1.165, 1.54) is 18.2 Å². The average Bonchev–Trinajstić information content (AvgIpc) is 3.34. The maximum absolute atomic E-state index is 13.2. The molecule has 0 unspecified atom stereocenters. The number of fused-ring (bicyclic) bond motifs is 6. The van der Waals surface area contributed by atoms with Crippen LogP contribution in [0.25, 0.3) is 38.4 Å². The number of amides is 1. The van der Waals surface area contributed by atoms with Crippen LogP contribution in [0.15, 0.2) is 75.9 Å². The molecular weight excluding hydrogens is 450 g/mol. The highest BCUT2D eigenvalue weighted by atomic mass is 16.6. The lowest BCUT2D eigenvalue weighted by molar-refractivity contribution is -0.384. The van der Waals surface area contributed by atoms with Crippen molar-refractivity contribution in [2.45, 2.75) is 13.5 Å². The summed E-state index contributed by atoms with van der Waals surface area (Å²) in [5, 5.41) is 15.7. The normalized spacial score (nSPS) is 11.6. The van der Waals surface area contributed by atoms with E-state index >= 15 is 0 Å². The Morgan fingerprint density at radius 2 is 1.80 bits per heavy atom. The smallest absolute Gasteiger partial charge is 0.407 e. The monoisotopic (exact) mass is 467 g/mol. The van der Waals surface area contributed by atoms with Crippen molar-refractivity contribution in [3.8, 4) is 0 Å². The fraction of sp³-hybridized carbons (Fsp3) is 0.0800. The molecule has 1 N–H and O–H groups in total. The Morgan fingerprint density at radius 1 is 1.06 bits per heavy atom. The van der Waals surface area contributed by atoms with Gasteiger partial charge in [0, 0.05) is 16.8 Å². The molecule has 172 valence electrons. The van der Waals surface area contributed by atoms with Gasteiger partial charge in [0.25, 0.3) is 5.69 Å². The van der Waals surface area contributed by atoms with E-state index in [0.29, 0.717) is 11.2 Å². The molecule has 0 saturated carbocycles. The summed E-state index contributed by atoms with van der Waals surface area (Å²) >= 11 is 0. The summed E-state index contributed by atoms with van der Waals surface area (Å²) in [6.45, 7) is 1.59. The van der Waals surface area contributed by atoms with Crippen molar-refractivity contribution in [1.29, 1.82) is 0 Å². The summed E-state index contributed by atoms with van der Waals surface area (Å²) in [6.07, 6.45) is 0. The number of rotatable bonds is 4. The molecule has 1 amide bonds. The molecule has 35 heavy (non-hydrogen) atoms. The molecule has 0 atom stereocenters. The minimum absolute atomic E-state index is 0.0458. The van der Waals surface area contributed by atoms with Crippen molar-refractivity contribution >= 4 is 55.7 Å². The van der Waals surface area contributed by atoms with Gasteiger partial charge in [0.2, 0.25) is 5.91 Å². The minimum atomic E-state index is -0.771. The van der Waals surface area contributed by atoms with Crippen molar-refractivity contribution in [3.63, 3.8) is 0 Å². The standard InChI is InChI=1S/C25H17N5O5/c1-14-26-18-8-4-2-6-16(18)24-23(17-7-3-5-9-19(17)29(14)24)27-22(31)13-28-20-11-10-15(30(33)34)12-21(20)35-25(28)32/h2-12H,13H2,1H3,(H,27,31). The van der Waals surface area contributed by atoms with Gasteiger partial charge in [-0.05, 0) is 25.1 Å². The van der Waals surface area contributed by atoms with Crippen molar-refractivity contribution in [1.82, 2.24) is 14.0 Å². The van der Waals surface area contributed by atoms with Gasteiger partial charge < -0.3 is 9.73 Å². The fourth-order valence-corrected chi connectivity index (χ4v) is 4.59. The van der Waals surface area contributed by atoms with E-state index in [-0.39, 0.29) is 17.8 Å². The largest absolute Gasteiger partial charge is 0.420 e. The number of aryl methyl sites for hydroxylation is 1. The van der Waals surface area contributed by atoms with Crippen LogP contribution >= 0.6 is 0 Å². The maximum Gasteiger partial charge on any atom is 0.420 e. The number of nitro benzene ring substituents is 1. The number of para-hydroxylation sites is 2. The Kier molecular flexibility index (Phi) is 4.43. The number of benzene rings is 3. The minimum Gasteiger partial charge on any atom is -0.407 e. The number of nitro groups is 1. The topological polar surface area (TPSA) is 125 Å². The lowest BCUT2D eigenvalue weighted by Gasteiger charge is -2.09. The molecule has 10 nitrogen and oxygen atoms in total. The van der Waals surface area contributed by atoms with E-state index in [9.17, 15) is 19.7 Å². The summed E-state index contributed by atoms with van der Waals surface area (Å²) < 4.78 is 8.31. The molecule has 3 aromatic carbocycles. The number of non-ortho nitro benzene ring substituents is 1. The fourth-order valence-electron chi connectivity index (χ4n) is 4.59. The van der Waals surface area contributed by atoms with E-state index < -0.39 is 16.6 Å². The van der Waals surface area contributed by atoms with Gasteiger partial charge in [0.1, 0.15) is 12.4 Å². The third kappa shape index (κ3) is 3.15. The second-order valence-corrected chi connectivity index (χ2v) is 8.16. The Bertz CT molecular complexity index is 1900. The highest BCUT2D eigenvalue weighted by Crippen LogP contribution is 2.36. The quantitative estimate of drug-likeness (QED) is 0.303. The zero-order chi connectivity index (χ0) is 24.3. The number of hydrogen-bond donors (Lipinski definition) is 1. The van der Waals surface area contributed by atoms with Gasteiger partial charge in [-0.3, -0.25) is 23.9 Å². The van der Waals surface area contributed by atoms with Crippen LogP contribution in [0.5, 0.6) is 0 Å². The van der Waals surface area contributed by atoms with E-state index in [1.54, 1.807) is 0 Å². The SMILES string of the molecule is Cc1nc2ccccc2c2c(NC(=O)Cn3c(=O)oc4cc([N+](=O)[O-])ccc43)c3ccccc3n12. The number of carbonyl (C=O) groups is 1. The van der Waals surface area contributed by atoms with Gasteiger partial charge in [0.05, 0.1) is 38.7 Å². The number of nitrogens with one attached hydrogen (secondary N) is 1. The molecule has 0 bridgehead atoms. The zero-order valence-electron chi connectivity index (χ0n) is 18.4. The van der Waals surface area contributed by atoms with Gasteiger partial charge in [-0.15, -0.1) is 0 Å². The molecular formula is C25H17N5O5. The molecule has 10 heteroatoms. The van der Waals surface area contributed by atoms with Crippen molar-refractivity contribution in [2.75, 3.05) is 5.32 Å². The van der Waals surface area contributed by atoms with Gasteiger partial charge in [-0.2, -0.15) is 0 Å². The molecule has 0 radical (unpaired) electrons. The van der Waals surface area contributed by atoms with Crippen molar-refractivity contribution in [2.24, 2.45) is 0 Å². The van der Waals surface area contributed by atoms with Crippen LogP contribution in [0.3, 0.4) is 0 Å². The lowest BCUT2D eigenvalue weighted by atomic mass is 10.1. The Morgan fingerprint density at radius 3 is 2.60 bits per heavy atom. The first kappa shape index (κ1) is 20.6. The summed E-state index contributed by atoms with van der Waals surface area (Å²) in [5.41, 5.74) is 3.26. The summed E-state index contributed by atoms with van der Waals surface area (Å²) in [4.78, 5) is 40.8. The van der Waals surface area contributed by atoms with Crippen LogP contribution in [0, 0.1) is 17.0 Å². The summed E-state index contributed by atoms with van der Waals surface area (Å²) in [5.74, 6) is -0.438. The lowest BCUT2D eigenvalue weighted by Crippen LogP contribution is -2.24. The van der Waals surface area contributed by atoms with Crippen LogP contribution in [-0.2, 0) is 11.3 Å². The van der Waals surface area contributed by atoms with E-state index in [1.807, 2.05) is 59.9 Å². The molecule has 3 aromatic heterocycles. The molecule has 6 aromatic rings. The molecule has 0 aliphatic carbocycles. The number of aromatic nitrogens is 3. The van der Waals surface area contributed by atoms with Gasteiger partial charge >= 0.3 is 5.76 Å². The molecule has 0 aliphatic heterocycles. The first-order valence-corrected chi connectivity index (χ1v) is 10.8. The molecule has 0 spiro atoms. The number of anilines is 1. The third-order valence-corrected chi connectivity index (χ3v) is 6.07. The first-order valence-electron chi connectivity index (χ1n) is 10.8. The Hall–Kier alpha value is -4.99. The van der Waals surface area contributed by atoms with Crippen LogP contribution in [0.2, 0.25) is 0 Å². The molecule has 3 heterocycles. The average molecular weight is 467 g/mol. The van der Waals surface area contributed by atoms with Crippen LogP contribution in [-0.4, -0.2) is 24.8 Å².